The summed E-state index contributed by atoms with van der Waals surface area (Å²) in [5, 5.41) is 2.80. The second-order valence-corrected chi connectivity index (χ2v) is 5.49. The van der Waals surface area contributed by atoms with Gasteiger partial charge in [0.1, 0.15) is 0 Å². The number of nitrogens with one attached hydrogen (secondary N) is 1. The molecule has 23 heavy (non-hydrogen) atoms. The lowest BCUT2D eigenvalue weighted by molar-refractivity contribution is -0.134. The van der Waals surface area contributed by atoms with Gasteiger partial charge >= 0.3 is 11.8 Å². The van der Waals surface area contributed by atoms with E-state index in [4.69, 9.17) is 17.3 Å². The molecule has 0 saturated carbocycles. The SMILES string of the molecule is CCN(C(=O)C(=O)Nc1ccc(N)cc1Cl)c1cccc(C)c1. The van der Waals surface area contributed by atoms with Crippen LogP contribution in [0.15, 0.2) is 42.5 Å². The van der Waals surface area contributed by atoms with Crippen molar-refractivity contribution in [1.29, 1.82) is 0 Å². The summed E-state index contributed by atoms with van der Waals surface area (Å²) in [5.74, 6) is -1.40. The van der Waals surface area contributed by atoms with Crippen LogP contribution in [0, 0.1) is 6.92 Å². The van der Waals surface area contributed by atoms with Gasteiger partial charge in [0.05, 0.1) is 10.7 Å². The largest absolute Gasteiger partial charge is 0.399 e. The maximum absolute atomic E-state index is 12.4. The quantitative estimate of drug-likeness (QED) is 0.669. The highest BCUT2D eigenvalue weighted by Gasteiger charge is 2.22. The van der Waals surface area contributed by atoms with E-state index in [0.29, 0.717) is 23.6 Å². The van der Waals surface area contributed by atoms with Crippen LogP contribution in [-0.2, 0) is 9.59 Å². The molecule has 0 aliphatic heterocycles. The number of carbonyl (C=O) groups is 2. The van der Waals surface area contributed by atoms with Crippen molar-refractivity contribution in [1.82, 2.24) is 0 Å². The minimum absolute atomic E-state index is 0.282. The van der Waals surface area contributed by atoms with Crippen molar-refractivity contribution in [2.24, 2.45) is 0 Å². The highest BCUT2D eigenvalue weighted by Crippen LogP contribution is 2.24. The maximum atomic E-state index is 12.4. The molecule has 0 radical (unpaired) electrons. The fourth-order valence-electron chi connectivity index (χ4n) is 2.17. The van der Waals surface area contributed by atoms with Gasteiger partial charge in [0.2, 0.25) is 0 Å². The summed E-state index contributed by atoms with van der Waals surface area (Å²) in [6.45, 7) is 4.12. The number of nitrogens with two attached hydrogens (primary N) is 1. The lowest BCUT2D eigenvalue weighted by Gasteiger charge is -2.21. The molecule has 0 atom stereocenters. The summed E-state index contributed by atoms with van der Waals surface area (Å²) < 4.78 is 0. The molecular formula is C17H18ClN3O2. The number of aryl methyl sites for hydroxylation is 1. The summed E-state index contributed by atoms with van der Waals surface area (Å²) >= 11 is 6.01. The van der Waals surface area contributed by atoms with E-state index in [9.17, 15) is 9.59 Å². The molecule has 120 valence electrons. The highest BCUT2D eigenvalue weighted by molar-refractivity contribution is 6.45. The molecule has 0 aromatic heterocycles. The first kappa shape index (κ1) is 16.8. The molecule has 0 fully saturated rings. The number of carbonyl (C=O) groups excluding carboxylic acids is 2. The Hall–Kier alpha value is -2.53. The molecule has 0 bridgehead atoms. The van der Waals surface area contributed by atoms with Crippen LogP contribution in [-0.4, -0.2) is 18.4 Å². The Morgan fingerprint density at radius 1 is 1.22 bits per heavy atom. The van der Waals surface area contributed by atoms with E-state index in [1.807, 2.05) is 32.0 Å². The van der Waals surface area contributed by atoms with E-state index >= 15 is 0 Å². The number of amides is 2. The number of hydrogen-bond donors (Lipinski definition) is 2. The first-order valence-electron chi connectivity index (χ1n) is 7.17. The van der Waals surface area contributed by atoms with Gasteiger partial charge in [-0.1, -0.05) is 23.7 Å². The highest BCUT2D eigenvalue weighted by atomic mass is 35.5. The Morgan fingerprint density at radius 3 is 2.57 bits per heavy atom. The normalized spacial score (nSPS) is 10.2. The lowest BCUT2D eigenvalue weighted by Crippen LogP contribution is -2.39. The molecule has 0 unspecified atom stereocenters. The summed E-state index contributed by atoms with van der Waals surface area (Å²) in [6, 6.07) is 12.1. The number of anilines is 3. The molecule has 0 saturated heterocycles. The summed E-state index contributed by atoms with van der Waals surface area (Å²) in [4.78, 5) is 26.0. The molecule has 0 heterocycles. The van der Waals surface area contributed by atoms with E-state index in [-0.39, 0.29) is 5.02 Å². The first-order chi connectivity index (χ1) is 10.9. The van der Waals surface area contributed by atoms with E-state index in [1.165, 1.54) is 11.0 Å². The molecule has 6 heteroatoms. The predicted molar refractivity (Wildman–Crippen MR) is 93.7 cm³/mol. The first-order valence-corrected chi connectivity index (χ1v) is 7.54. The van der Waals surface area contributed by atoms with Gasteiger partial charge in [-0.05, 0) is 49.7 Å². The fraction of sp³-hybridized carbons (Fsp3) is 0.176. The van der Waals surface area contributed by atoms with Crippen molar-refractivity contribution >= 4 is 40.5 Å². The van der Waals surface area contributed by atoms with Crippen molar-refractivity contribution in [3.05, 3.63) is 53.1 Å². The molecule has 2 aromatic carbocycles. The molecule has 0 aliphatic carbocycles. The van der Waals surface area contributed by atoms with E-state index in [2.05, 4.69) is 5.32 Å². The minimum atomic E-state index is -0.750. The van der Waals surface area contributed by atoms with Crippen molar-refractivity contribution in [3.8, 4) is 0 Å². The van der Waals surface area contributed by atoms with Gasteiger partial charge in [-0.3, -0.25) is 9.59 Å². The van der Waals surface area contributed by atoms with Crippen LogP contribution < -0.4 is 16.0 Å². The Morgan fingerprint density at radius 2 is 1.96 bits per heavy atom. The number of nitrogens with zero attached hydrogens (tertiary/aromatic N) is 1. The van der Waals surface area contributed by atoms with Crippen molar-refractivity contribution in [2.45, 2.75) is 13.8 Å². The summed E-state index contributed by atoms with van der Waals surface area (Å²) in [7, 11) is 0. The number of benzene rings is 2. The third-order valence-electron chi connectivity index (χ3n) is 3.31. The zero-order chi connectivity index (χ0) is 17.0. The molecule has 0 aliphatic rings. The van der Waals surface area contributed by atoms with Crippen LogP contribution >= 0.6 is 11.6 Å². The number of rotatable bonds is 3. The Balaban J connectivity index is 2.19. The predicted octanol–water partition coefficient (Wildman–Crippen LogP) is 3.22. The Labute approximate surface area is 140 Å². The third kappa shape index (κ3) is 4.02. The second-order valence-electron chi connectivity index (χ2n) is 5.08. The summed E-state index contributed by atoms with van der Waals surface area (Å²) in [5.41, 5.74) is 8.12. The zero-order valence-electron chi connectivity index (χ0n) is 13.0. The van der Waals surface area contributed by atoms with Gasteiger partial charge in [-0.2, -0.15) is 0 Å². The van der Waals surface area contributed by atoms with Crippen molar-refractivity contribution in [3.63, 3.8) is 0 Å². The van der Waals surface area contributed by atoms with Crippen LogP contribution in [0.3, 0.4) is 0 Å². The van der Waals surface area contributed by atoms with Gasteiger partial charge < -0.3 is 16.0 Å². The summed E-state index contributed by atoms with van der Waals surface area (Å²) in [6.07, 6.45) is 0. The van der Waals surface area contributed by atoms with E-state index < -0.39 is 11.8 Å². The average molecular weight is 332 g/mol. The van der Waals surface area contributed by atoms with Crippen LogP contribution in [0.4, 0.5) is 17.1 Å². The van der Waals surface area contributed by atoms with Crippen LogP contribution in [0.25, 0.3) is 0 Å². The topological polar surface area (TPSA) is 75.4 Å². The molecule has 5 nitrogen and oxygen atoms in total. The molecular weight excluding hydrogens is 314 g/mol. The van der Waals surface area contributed by atoms with Crippen LogP contribution in [0.5, 0.6) is 0 Å². The number of hydrogen-bond acceptors (Lipinski definition) is 3. The van der Waals surface area contributed by atoms with Gasteiger partial charge in [0.25, 0.3) is 0 Å². The second kappa shape index (κ2) is 7.15. The van der Waals surface area contributed by atoms with Crippen molar-refractivity contribution < 1.29 is 9.59 Å². The Bertz CT molecular complexity index is 746. The van der Waals surface area contributed by atoms with E-state index in [1.54, 1.807) is 18.2 Å². The fourth-order valence-corrected chi connectivity index (χ4v) is 2.41. The standard InChI is InChI=1S/C17H18ClN3O2/c1-3-21(13-6-4-5-11(2)9-13)17(23)16(22)20-15-8-7-12(19)10-14(15)18/h4-10H,3,19H2,1-2H3,(H,20,22). The smallest absolute Gasteiger partial charge is 0.316 e. The average Bonchev–Trinajstić information content (AvgIpc) is 2.50. The molecule has 3 N–H and O–H groups in total. The third-order valence-corrected chi connectivity index (χ3v) is 3.62. The van der Waals surface area contributed by atoms with Gasteiger partial charge in [0.15, 0.2) is 0 Å². The monoisotopic (exact) mass is 331 g/mol. The zero-order valence-corrected chi connectivity index (χ0v) is 13.7. The van der Waals surface area contributed by atoms with Gasteiger partial charge in [-0.25, -0.2) is 0 Å². The number of halogens is 1. The Kier molecular flexibility index (Phi) is 5.24. The van der Waals surface area contributed by atoms with Crippen LogP contribution in [0.2, 0.25) is 5.02 Å². The van der Waals surface area contributed by atoms with E-state index in [0.717, 1.165) is 5.56 Å². The minimum Gasteiger partial charge on any atom is -0.399 e. The molecule has 2 amide bonds. The van der Waals surface area contributed by atoms with Crippen molar-refractivity contribution in [2.75, 3.05) is 22.5 Å². The number of likely N-dealkylation sites (N-methyl/N-ethyl adjacent to an activating group) is 1. The van der Waals surface area contributed by atoms with Gasteiger partial charge in [-0.15, -0.1) is 0 Å². The maximum Gasteiger partial charge on any atom is 0.316 e. The van der Waals surface area contributed by atoms with Gasteiger partial charge in [0, 0.05) is 17.9 Å². The van der Waals surface area contributed by atoms with Crippen LogP contribution in [0.1, 0.15) is 12.5 Å². The molecule has 0 spiro atoms. The molecule has 2 rings (SSSR count). The lowest BCUT2D eigenvalue weighted by atomic mass is 10.2. The number of nitrogen functional groups attached to an aromatic ring is 1. The molecule has 2 aromatic rings.